The lowest BCUT2D eigenvalue weighted by atomic mass is 10.1. The Bertz CT molecular complexity index is 1300. The van der Waals surface area contributed by atoms with Crippen LogP contribution in [0.1, 0.15) is 89.3 Å². The number of nitrogens with one attached hydrogen (secondary N) is 1. The summed E-state index contributed by atoms with van der Waals surface area (Å²) in [7, 11) is 0. The number of nitrogens with zero attached hydrogens (tertiary/aromatic N) is 2. The number of aromatic nitrogens is 2. The smallest absolute Gasteiger partial charge is 0.444 e. The third-order valence-electron chi connectivity index (χ3n) is 4.80. The van der Waals surface area contributed by atoms with Crippen LogP contribution in [-0.2, 0) is 33.2 Å². The Morgan fingerprint density at radius 1 is 0.851 bits per heavy atom. The predicted octanol–water partition coefficient (Wildman–Crippen LogP) is 5.31. The molecule has 2 N–H and O–H groups in total. The van der Waals surface area contributed by atoms with Crippen LogP contribution >= 0.6 is 0 Å². The molecule has 1 aromatic heterocycles. The predicted molar refractivity (Wildman–Crippen MR) is 159 cm³/mol. The topological polar surface area (TPSA) is 200 Å². The van der Waals surface area contributed by atoms with Gasteiger partial charge in [0.1, 0.15) is 34.3 Å². The zero-order chi connectivity index (χ0) is 36.8. The Labute approximate surface area is 270 Å². The van der Waals surface area contributed by atoms with Crippen molar-refractivity contribution >= 4 is 30.4 Å². The van der Waals surface area contributed by atoms with Crippen molar-refractivity contribution in [1.82, 2.24) is 9.55 Å². The van der Waals surface area contributed by atoms with E-state index >= 15 is 8.78 Å². The summed E-state index contributed by atoms with van der Waals surface area (Å²) in [6, 6.07) is 1.08. The van der Waals surface area contributed by atoms with Crippen LogP contribution < -0.4 is 11.0 Å². The molecule has 47 heavy (non-hydrogen) atoms. The highest BCUT2D eigenvalue weighted by Gasteiger charge is 2.62. The maximum absolute atomic E-state index is 15.0. The van der Waals surface area contributed by atoms with Gasteiger partial charge in [-0.25, -0.2) is 24.0 Å². The highest BCUT2D eigenvalue weighted by atomic mass is 19.3. The first-order chi connectivity index (χ1) is 21.0. The average Bonchev–Trinajstić information content (AvgIpc) is 3.04. The standard InChI is InChI=1S/C19H27F2N3O8.C10H18O5/c1-17(2,3)31-15(27)23-11-7-8-24(14(26)22-11)13-19(20,21)12(10(9-25)29-13)30-16(28)32-18(4,5)6;1-9(2,3)14-7(11)13-8(12)15-10(4,5)6/h7-8,10,12-13,25H,9H2,1-6H3,(H,22,23,26,27);1-6H3/t10-,12-,13-;/m1./s1. The largest absolute Gasteiger partial charge is 0.519 e. The van der Waals surface area contributed by atoms with E-state index in [2.05, 4.69) is 15.0 Å². The number of rotatable bonds is 4. The first kappa shape index (κ1) is 41.0. The molecule has 0 saturated carbocycles. The minimum absolute atomic E-state index is 0.234. The van der Waals surface area contributed by atoms with Crippen molar-refractivity contribution in [1.29, 1.82) is 0 Å². The fraction of sp³-hybridized carbons (Fsp3) is 0.724. The third-order valence-corrected chi connectivity index (χ3v) is 4.80. The lowest BCUT2D eigenvalue weighted by Gasteiger charge is -2.25. The molecule has 16 nitrogen and oxygen atoms in total. The van der Waals surface area contributed by atoms with Gasteiger partial charge < -0.3 is 38.3 Å². The third kappa shape index (κ3) is 14.9. The van der Waals surface area contributed by atoms with Crippen LogP contribution in [0.15, 0.2) is 17.1 Å². The molecule has 0 unspecified atom stereocenters. The zero-order valence-electron chi connectivity index (χ0n) is 28.6. The lowest BCUT2D eigenvalue weighted by Crippen LogP contribution is -2.45. The van der Waals surface area contributed by atoms with Gasteiger partial charge >= 0.3 is 36.2 Å². The first-order valence-corrected chi connectivity index (χ1v) is 14.3. The Balaban J connectivity index is 0.000000620. The van der Waals surface area contributed by atoms with Gasteiger partial charge in [0.2, 0.25) is 12.3 Å². The van der Waals surface area contributed by atoms with Crippen molar-refractivity contribution in [3.8, 4) is 0 Å². The number of aliphatic hydroxyl groups excluding tert-OH is 1. The summed E-state index contributed by atoms with van der Waals surface area (Å²) < 4.78 is 64.0. The van der Waals surface area contributed by atoms with Gasteiger partial charge in [0.25, 0.3) is 0 Å². The molecule has 2 rings (SSSR count). The van der Waals surface area contributed by atoms with Crippen LogP contribution in [0, 0.1) is 0 Å². The molecular formula is C29H45F2N3O13. The minimum Gasteiger partial charge on any atom is -0.444 e. The number of carbonyl (C=O) groups is 4. The number of carbonyl (C=O) groups excluding carboxylic acids is 4. The number of halogens is 2. The van der Waals surface area contributed by atoms with E-state index in [4.69, 9.17) is 28.4 Å². The van der Waals surface area contributed by atoms with Gasteiger partial charge in [0.15, 0.2) is 0 Å². The van der Waals surface area contributed by atoms with E-state index in [1.807, 2.05) is 0 Å². The molecule has 1 amide bonds. The Kier molecular flexibility index (Phi) is 13.3. The van der Waals surface area contributed by atoms with E-state index in [0.29, 0.717) is 4.57 Å². The first-order valence-electron chi connectivity index (χ1n) is 14.3. The van der Waals surface area contributed by atoms with Crippen molar-refractivity contribution < 1.29 is 66.2 Å². The number of alkyl halides is 2. The summed E-state index contributed by atoms with van der Waals surface area (Å²) in [5.41, 5.74) is -4.38. The summed E-state index contributed by atoms with van der Waals surface area (Å²) in [5.74, 6) is -4.15. The monoisotopic (exact) mass is 681 g/mol. The van der Waals surface area contributed by atoms with Gasteiger partial charge in [-0.3, -0.25) is 9.88 Å². The Morgan fingerprint density at radius 3 is 1.70 bits per heavy atom. The van der Waals surface area contributed by atoms with Gasteiger partial charge in [-0.2, -0.15) is 13.8 Å². The molecule has 1 aliphatic rings. The van der Waals surface area contributed by atoms with E-state index in [9.17, 15) is 29.1 Å². The zero-order valence-corrected chi connectivity index (χ0v) is 28.6. The van der Waals surface area contributed by atoms with E-state index < -0.39 is 83.6 Å². The summed E-state index contributed by atoms with van der Waals surface area (Å²) >= 11 is 0. The van der Waals surface area contributed by atoms with Crippen molar-refractivity contribution in [2.24, 2.45) is 0 Å². The summed E-state index contributed by atoms with van der Waals surface area (Å²) in [6.07, 6.45) is -9.56. The summed E-state index contributed by atoms with van der Waals surface area (Å²) in [4.78, 5) is 61.6. The van der Waals surface area contributed by atoms with E-state index in [0.717, 1.165) is 12.3 Å². The van der Waals surface area contributed by atoms with E-state index in [-0.39, 0.29) is 5.82 Å². The molecule has 3 atom stereocenters. The maximum Gasteiger partial charge on any atom is 0.519 e. The molecule has 2 heterocycles. The average molecular weight is 682 g/mol. The second-order valence-corrected chi connectivity index (χ2v) is 14.0. The molecule has 0 radical (unpaired) electrons. The summed E-state index contributed by atoms with van der Waals surface area (Å²) in [6.45, 7) is 18.5. The molecule has 0 bridgehead atoms. The molecule has 1 fully saturated rings. The number of anilines is 1. The van der Waals surface area contributed by atoms with Crippen LogP contribution in [0.2, 0.25) is 0 Å². The molecule has 18 heteroatoms. The number of aliphatic hydroxyl groups is 1. The van der Waals surface area contributed by atoms with Gasteiger partial charge in [0, 0.05) is 6.20 Å². The lowest BCUT2D eigenvalue weighted by molar-refractivity contribution is -0.149. The SMILES string of the molecule is CC(C)(C)OC(=O)Nc1ccn([C@@H]2O[C@H](CO)[C@@H](OC(=O)OC(C)(C)C)C2(F)F)c(=O)n1.CC(C)(C)OC(=O)OC(=O)OC(C)(C)C. The summed E-state index contributed by atoms with van der Waals surface area (Å²) in [5, 5.41) is 11.6. The van der Waals surface area contributed by atoms with Crippen LogP contribution in [0.25, 0.3) is 0 Å². The Morgan fingerprint density at radius 2 is 1.30 bits per heavy atom. The molecule has 1 aromatic rings. The number of amides is 1. The van der Waals surface area contributed by atoms with Crippen LogP contribution in [0.4, 0.5) is 33.8 Å². The van der Waals surface area contributed by atoms with Gasteiger partial charge in [-0.15, -0.1) is 0 Å². The van der Waals surface area contributed by atoms with Crippen LogP contribution in [0.3, 0.4) is 0 Å². The van der Waals surface area contributed by atoms with Crippen molar-refractivity contribution in [2.45, 2.75) is 130 Å². The van der Waals surface area contributed by atoms with Gasteiger partial charge in [0.05, 0.1) is 6.61 Å². The molecule has 1 saturated heterocycles. The molecule has 1 aliphatic heterocycles. The molecular weight excluding hydrogens is 636 g/mol. The quantitative estimate of drug-likeness (QED) is 0.235. The molecule has 268 valence electrons. The normalized spacial score (nSPS) is 19.3. The van der Waals surface area contributed by atoms with Crippen LogP contribution in [0.5, 0.6) is 0 Å². The van der Waals surface area contributed by atoms with Crippen molar-refractivity contribution in [2.75, 3.05) is 11.9 Å². The molecule has 0 aromatic carbocycles. The number of hydrogen-bond donors (Lipinski definition) is 2. The van der Waals surface area contributed by atoms with Crippen molar-refractivity contribution in [3.05, 3.63) is 22.7 Å². The second-order valence-electron chi connectivity index (χ2n) is 14.0. The van der Waals surface area contributed by atoms with Crippen molar-refractivity contribution in [3.63, 3.8) is 0 Å². The maximum atomic E-state index is 15.0. The highest BCUT2D eigenvalue weighted by molar-refractivity contribution is 5.83. The highest BCUT2D eigenvalue weighted by Crippen LogP contribution is 2.44. The fourth-order valence-electron chi connectivity index (χ4n) is 3.32. The number of hydrogen-bond acceptors (Lipinski definition) is 14. The molecule has 0 aliphatic carbocycles. The van der Waals surface area contributed by atoms with Gasteiger partial charge in [-0.05, 0) is 89.2 Å². The van der Waals surface area contributed by atoms with Crippen LogP contribution in [-0.4, -0.2) is 86.4 Å². The minimum atomic E-state index is -3.92. The Hall–Kier alpha value is -4.06. The van der Waals surface area contributed by atoms with E-state index in [1.54, 1.807) is 62.3 Å². The molecule has 0 spiro atoms. The van der Waals surface area contributed by atoms with E-state index in [1.165, 1.54) is 20.8 Å². The second kappa shape index (κ2) is 15.2. The number of ether oxygens (including phenoxy) is 7. The van der Waals surface area contributed by atoms with Gasteiger partial charge in [-0.1, -0.05) is 0 Å². The fourth-order valence-corrected chi connectivity index (χ4v) is 3.32.